The van der Waals surface area contributed by atoms with Crippen molar-refractivity contribution in [3.63, 3.8) is 0 Å². The lowest BCUT2D eigenvalue weighted by Crippen LogP contribution is -2.26. The van der Waals surface area contributed by atoms with Gasteiger partial charge in [0.05, 0.1) is 18.4 Å². The highest BCUT2D eigenvalue weighted by atomic mass is 32.2. The number of aromatic nitrogens is 2. The van der Waals surface area contributed by atoms with E-state index in [4.69, 9.17) is 8.92 Å². The van der Waals surface area contributed by atoms with Crippen LogP contribution in [0, 0.1) is 6.92 Å². The zero-order chi connectivity index (χ0) is 23.6. The standard InChI is InChI=1S/C24H24N2O6S/c1-3-31-24(28)23-21(15-22(27)26(25-23)19-11-8-16(2)9-12-19)32-33(29,30)20-13-10-17-6-4-5-7-18(17)14-20/h8-15H,3-7H2,1-2H3. The van der Waals surface area contributed by atoms with Crippen molar-refractivity contribution in [1.29, 1.82) is 0 Å². The summed E-state index contributed by atoms with van der Waals surface area (Å²) in [6, 6.07) is 12.7. The number of carbonyl (C=O) groups is 1. The lowest BCUT2D eigenvalue weighted by Gasteiger charge is -2.17. The van der Waals surface area contributed by atoms with E-state index in [9.17, 15) is 18.0 Å². The van der Waals surface area contributed by atoms with Crippen molar-refractivity contribution < 1.29 is 22.1 Å². The minimum Gasteiger partial charge on any atom is -0.461 e. The van der Waals surface area contributed by atoms with Crippen molar-refractivity contribution in [2.24, 2.45) is 0 Å². The van der Waals surface area contributed by atoms with E-state index in [0.717, 1.165) is 53.1 Å². The Hall–Kier alpha value is -3.46. The number of aryl methyl sites for hydroxylation is 3. The molecule has 33 heavy (non-hydrogen) atoms. The van der Waals surface area contributed by atoms with Gasteiger partial charge < -0.3 is 8.92 Å². The van der Waals surface area contributed by atoms with Crippen LogP contribution in [-0.4, -0.2) is 30.8 Å². The number of ether oxygens (including phenoxy) is 1. The van der Waals surface area contributed by atoms with Gasteiger partial charge >= 0.3 is 16.1 Å². The van der Waals surface area contributed by atoms with Gasteiger partial charge in [-0.15, -0.1) is 0 Å². The second-order valence-electron chi connectivity index (χ2n) is 7.84. The van der Waals surface area contributed by atoms with E-state index in [1.54, 1.807) is 43.3 Å². The number of benzene rings is 2. The molecule has 4 rings (SSSR count). The molecule has 1 aliphatic carbocycles. The number of rotatable bonds is 6. The fourth-order valence-corrected chi connectivity index (χ4v) is 4.73. The molecule has 1 heterocycles. The fraction of sp³-hybridized carbons (Fsp3) is 0.292. The van der Waals surface area contributed by atoms with Crippen molar-refractivity contribution in [3.05, 3.63) is 81.3 Å². The monoisotopic (exact) mass is 468 g/mol. The van der Waals surface area contributed by atoms with Crippen LogP contribution in [0.15, 0.2) is 58.2 Å². The summed E-state index contributed by atoms with van der Waals surface area (Å²) in [6.45, 7) is 3.55. The molecule has 1 aliphatic rings. The molecule has 1 aromatic heterocycles. The molecule has 2 aromatic carbocycles. The Morgan fingerprint density at radius 3 is 2.42 bits per heavy atom. The minimum atomic E-state index is -4.31. The number of hydrogen-bond donors (Lipinski definition) is 0. The van der Waals surface area contributed by atoms with Gasteiger partial charge in [-0.1, -0.05) is 23.8 Å². The lowest BCUT2D eigenvalue weighted by molar-refractivity contribution is 0.0515. The third-order valence-electron chi connectivity index (χ3n) is 5.45. The molecule has 0 atom stereocenters. The van der Waals surface area contributed by atoms with Crippen molar-refractivity contribution in [1.82, 2.24) is 9.78 Å². The summed E-state index contributed by atoms with van der Waals surface area (Å²) in [5.41, 5.74) is 2.43. The minimum absolute atomic E-state index is 0.0410. The van der Waals surface area contributed by atoms with Crippen LogP contribution >= 0.6 is 0 Å². The summed E-state index contributed by atoms with van der Waals surface area (Å²) in [5.74, 6) is -1.37. The smallest absolute Gasteiger partial charge is 0.362 e. The molecule has 0 bridgehead atoms. The first-order chi connectivity index (χ1) is 15.8. The van der Waals surface area contributed by atoms with Gasteiger partial charge in [-0.3, -0.25) is 4.79 Å². The zero-order valence-electron chi connectivity index (χ0n) is 18.4. The van der Waals surface area contributed by atoms with Crippen LogP contribution in [0.25, 0.3) is 5.69 Å². The zero-order valence-corrected chi connectivity index (χ0v) is 19.2. The predicted octanol–water partition coefficient (Wildman–Crippen LogP) is 3.36. The molecule has 0 saturated heterocycles. The highest BCUT2D eigenvalue weighted by molar-refractivity contribution is 7.87. The summed E-state index contributed by atoms with van der Waals surface area (Å²) in [5, 5.41) is 4.08. The summed E-state index contributed by atoms with van der Waals surface area (Å²) >= 11 is 0. The summed E-state index contributed by atoms with van der Waals surface area (Å²) in [4.78, 5) is 25.3. The molecule has 0 fully saturated rings. The fourth-order valence-electron chi connectivity index (χ4n) is 3.75. The largest absolute Gasteiger partial charge is 0.461 e. The van der Waals surface area contributed by atoms with Crippen LogP contribution in [0.4, 0.5) is 0 Å². The lowest BCUT2D eigenvalue weighted by atomic mass is 9.92. The number of esters is 1. The molecular weight excluding hydrogens is 444 g/mol. The molecule has 3 aromatic rings. The Labute approximate surface area is 191 Å². The quantitative estimate of drug-likeness (QED) is 0.403. The first kappa shape index (κ1) is 22.7. The number of carbonyl (C=O) groups excluding carboxylic acids is 1. The maximum Gasteiger partial charge on any atom is 0.362 e. The number of fused-ring (bicyclic) bond motifs is 1. The second kappa shape index (κ2) is 9.19. The predicted molar refractivity (Wildman–Crippen MR) is 121 cm³/mol. The molecule has 0 radical (unpaired) electrons. The van der Waals surface area contributed by atoms with E-state index >= 15 is 0 Å². The topological polar surface area (TPSA) is 105 Å². The number of nitrogens with zero attached hydrogens (tertiary/aromatic N) is 2. The Balaban J connectivity index is 1.76. The van der Waals surface area contributed by atoms with Gasteiger partial charge in [-0.05, 0) is 74.9 Å². The van der Waals surface area contributed by atoms with Crippen LogP contribution in [0.3, 0.4) is 0 Å². The Morgan fingerprint density at radius 2 is 1.73 bits per heavy atom. The maximum atomic E-state index is 13.0. The molecular formula is C24H24N2O6S. The van der Waals surface area contributed by atoms with Crippen LogP contribution in [0.5, 0.6) is 5.75 Å². The molecule has 9 heteroatoms. The summed E-state index contributed by atoms with van der Waals surface area (Å²) < 4.78 is 37.3. The van der Waals surface area contributed by atoms with Crippen LogP contribution in [0.1, 0.15) is 46.9 Å². The van der Waals surface area contributed by atoms with Crippen molar-refractivity contribution >= 4 is 16.1 Å². The van der Waals surface area contributed by atoms with Crippen molar-refractivity contribution in [2.75, 3.05) is 6.61 Å². The van der Waals surface area contributed by atoms with Gasteiger partial charge in [0.1, 0.15) is 4.90 Å². The molecule has 0 saturated carbocycles. The van der Waals surface area contributed by atoms with Gasteiger partial charge in [-0.25, -0.2) is 4.79 Å². The van der Waals surface area contributed by atoms with Gasteiger partial charge in [0.2, 0.25) is 5.69 Å². The van der Waals surface area contributed by atoms with E-state index in [-0.39, 0.29) is 11.5 Å². The van der Waals surface area contributed by atoms with Gasteiger partial charge in [0.25, 0.3) is 5.56 Å². The Morgan fingerprint density at radius 1 is 1.03 bits per heavy atom. The number of hydrogen-bond acceptors (Lipinski definition) is 7. The highest BCUT2D eigenvalue weighted by Crippen LogP contribution is 2.27. The van der Waals surface area contributed by atoms with Crippen LogP contribution in [0.2, 0.25) is 0 Å². The maximum absolute atomic E-state index is 13.0. The summed E-state index contributed by atoms with van der Waals surface area (Å²) in [6.07, 6.45) is 3.76. The second-order valence-corrected chi connectivity index (χ2v) is 9.38. The molecule has 0 amide bonds. The SMILES string of the molecule is CCOC(=O)c1nn(-c2ccc(C)cc2)c(=O)cc1OS(=O)(=O)c1ccc2c(c1)CCCC2. The van der Waals surface area contributed by atoms with Gasteiger partial charge in [0.15, 0.2) is 5.75 Å². The molecule has 8 nitrogen and oxygen atoms in total. The van der Waals surface area contributed by atoms with Crippen molar-refractivity contribution in [2.45, 2.75) is 44.4 Å². The Kier molecular flexibility index (Phi) is 6.33. The van der Waals surface area contributed by atoms with Gasteiger partial charge in [0, 0.05) is 0 Å². The average molecular weight is 469 g/mol. The molecule has 0 N–H and O–H groups in total. The van der Waals surface area contributed by atoms with Gasteiger partial charge in [-0.2, -0.15) is 18.2 Å². The highest BCUT2D eigenvalue weighted by Gasteiger charge is 2.26. The molecule has 0 spiro atoms. The van der Waals surface area contributed by atoms with Crippen molar-refractivity contribution in [3.8, 4) is 11.4 Å². The summed E-state index contributed by atoms with van der Waals surface area (Å²) in [7, 11) is -4.31. The normalized spacial score (nSPS) is 13.3. The van der Waals surface area contributed by atoms with E-state index in [1.165, 1.54) is 6.07 Å². The third-order valence-corrected chi connectivity index (χ3v) is 6.68. The average Bonchev–Trinajstić information content (AvgIpc) is 2.79. The van der Waals surface area contributed by atoms with E-state index in [1.807, 2.05) is 6.92 Å². The third kappa shape index (κ3) is 4.83. The van der Waals surface area contributed by atoms with E-state index in [2.05, 4.69) is 5.10 Å². The first-order valence-corrected chi connectivity index (χ1v) is 12.1. The Bertz CT molecular complexity index is 1360. The van der Waals surface area contributed by atoms with E-state index < -0.39 is 33.1 Å². The first-order valence-electron chi connectivity index (χ1n) is 10.7. The van der Waals surface area contributed by atoms with E-state index in [0.29, 0.717) is 5.69 Å². The molecule has 0 unspecified atom stereocenters. The van der Waals surface area contributed by atoms with Crippen LogP contribution < -0.4 is 9.74 Å². The molecule has 0 aliphatic heterocycles. The molecule has 172 valence electrons. The van der Waals surface area contributed by atoms with Crippen LogP contribution in [-0.2, 0) is 27.7 Å².